The molecule has 0 aliphatic carbocycles. The van der Waals surface area contributed by atoms with Gasteiger partial charge in [-0.2, -0.15) is 5.10 Å². The van der Waals surface area contributed by atoms with Gasteiger partial charge in [0.1, 0.15) is 23.3 Å². The number of nitrogens with zero attached hydrogens (tertiary/aromatic N) is 2. The van der Waals surface area contributed by atoms with Crippen molar-refractivity contribution in [1.82, 2.24) is 14.8 Å². The predicted octanol–water partition coefficient (Wildman–Crippen LogP) is 5.43. The molecule has 0 saturated carbocycles. The molecule has 130 valence electrons. The average molecular weight is 402 g/mol. The van der Waals surface area contributed by atoms with E-state index in [-0.39, 0.29) is 10.5 Å². The third kappa shape index (κ3) is 4.08. The maximum atomic E-state index is 14.0. The quantitative estimate of drug-likeness (QED) is 0.578. The summed E-state index contributed by atoms with van der Waals surface area (Å²) in [5, 5.41) is 7.05. The van der Waals surface area contributed by atoms with E-state index in [1.54, 1.807) is 6.07 Å². The molecule has 0 atom stereocenters. The molecule has 0 aliphatic rings. The molecule has 9 heteroatoms. The maximum Gasteiger partial charge on any atom is 0.199 e. The number of hydrogen-bond acceptors (Lipinski definition) is 3. The van der Waals surface area contributed by atoms with Crippen molar-refractivity contribution in [1.29, 1.82) is 0 Å². The van der Waals surface area contributed by atoms with Crippen LogP contribution in [0, 0.1) is 22.2 Å². The molecular formula is C16H11ClF3N3S2. The molecule has 0 saturated heterocycles. The Labute approximate surface area is 155 Å². The fraction of sp³-hybridized carbons (Fsp3) is 0.125. The Morgan fingerprint density at radius 2 is 1.80 bits per heavy atom. The highest BCUT2D eigenvalue weighted by atomic mass is 35.5. The lowest BCUT2D eigenvalue weighted by Crippen LogP contribution is -2.03. The topological polar surface area (TPSA) is 33.6 Å². The van der Waals surface area contributed by atoms with Gasteiger partial charge in [-0.1, -0.05) is 17.7 Å². The minimum atomic E-state index is -0.731. The lowest BCUT2D eigenvalue weighted by molar-refractivity contribution is 0.576. The summed E-state index contributed by atoms with van der Waals surface area (Å²) in [4.78, 5) is 0. The first-order valence-corrected chi connectivity index (χ1v) is 9.03. The molecule has 3 nitrogen and oxygen atoms in total. The minimum Gasteiger partial charge on any atom is -0.268 e. The molecule has 0 bridgehead atoms. The van der Waals surface area contributed by atoms with Crippen LogP contribution in [0.4, 0.5) is 13.2 Å². The van der Waals surface area contributed by atoms with Crippen molar-refractivity contribution in [2.45, 2.75) is 11.5 Å². The first kappa shape index (κ1) is 18.0. The van der Waals surface area contributed by atoms with Crippen LogP contribution in [-0.2, 0) is 11.5 Å². The fourth-order valence-corrected chi connectivity index (χ4v) is 3.74. The van der Waals surface area contributed by atoms with Crippen LogP contribution < -0.4 is 0 Å². The summed E-state index contributed by atoms with van der Waals surface area (Å²) in [7, 11) is 0. The Morgan fingerprint density at radius 3 is 2.52 bits per heavy atom. The summed E-state index contributed by atoms with van der Waals surface area (Å²) in [5.41, 5.74) is 0.900. The Kier molecular flexibility index (Phi) is 5.51. The summed E-state index contributed by atoms with van der Waals surface area (Å²) in [6, 6.07) is 7.46. The summed E-state index contributed by atoms with van der Waals surface area (Å²) in [5.74, 6) is -0.393. The van der Waals surface area contributed by atoms with Crippen LogP contribution >= 0.6 is 35.6 Å². The molecule has 3 rings (SSSR count). The summed E-state index contributed by atoms with van der Waals surface area (Å²) < 4.78 is 41.8. The highest BCUT2D eigenvalue weighted by molar-refractivity contribution is 7.97. The standard InChI is InChI=1S/C16H11ClF3N3S2/c17-12-5-10(18)2-1-9(12)7-25-8-15-21-22-16(24)23(15)14-4-3-11(19)6-13(14)20/h1-6H,7-8H2,(H,22,24). The third-order valence-corrected chi connectivity index (χ3v) is 5.00. The average Bonchev–Trinajstić information content (AvgIpc) is 2.91. The zero-order chi connectivity index (χ0) is 18.0. The van der Waals surface area contributed by atoms with Gasteiger partial charge in [0, 0.05) is 16.8 Å². The molecule has 0 aliphatic heterocycles. The molecule has 25 heavy (non-hydrogen) atoms. The number of rotatable bonds is 5. The Morgan fingerprint density at radius 1 is 1.08 bits per heavy atom. The van der Waals surface area contributed by atoms with Crippen molar-refractivity contribution >= 4 is 35.6 Å². The number of benzene rings is 2. The predicted molar refractivity (Wildman–Crippen MR) is 95.1 cm³/mol. The third-order valence-electron chi connectivity index (χ3n) is 3.40. The number of halogens is 4. The van der Waals surface area contributed by atoms with E-state index < -0.39 is 17.5 Å². The number of nitrogens with one attached hydrogen (secondary N) is 1. The summed E-state index contributed by atoms with van der Waals surface area (Å²) in [6.45, 7) is 0. The van der Waals surface area contributed by atoms with E-state index in [1.165, 1.54) is 34.5 Å². The van der Waals surface area contributed by atoms with Crippen LogP contribution in [0.25, 0.3) is 5.69 Å². The maximum absolute atomic E-state index is 14.0. The second-order valence-corrected chi connectivity index (χ2v) is 6.88. The molecule has 0 amide bonds. The van der Waals surface area contributed by atoms with Gasteiger partial charge in [0.25, 0.3) is 0 Å². The van der Waals surface area contributed by atoms with Crippen LogP contribution in [-0.4, -0.2) is 14.8 Å². The summed E-state index contributed by atoms with van der Waals surface area (Å²) >= 11 is 12.6. The first-order chi connectivity index (χ1) is 12.0. The zero-order valence-electron chi connectivity index (χ0n) is 12.6. The molecule has 1 N–H and O–H groups in total. The van der Waals surface area contributed by atoms with E-state index in [0.29, 0.717) is 22.4 Å². The van der Waals surface area contributed by atoms with Crippen molar-refractivity contribution in [3.05, 3.63) is 75.0 Å². The van der Waals surface area contributed by atoms with Crippen LogP contribution in [0.2, 0.25) is 5.02 Å². The van der Waals surface area contributed by atoms with E-state index >= 15 is 0 Å². The minimum absolute atomic E-state index is 0.121. The first-order valence-electron chi connectivity index (χ1n) is 7.09. The largest absolute Gasteiger partial charge is 0.268 e. The second kappa shape index (κ2) is 7.63. The van der Waals surface area contributed by atoms with E-state index in [9.17, 15) is 13.2 Å². The molecule has 3 aromatic rings. The van der Waals surface area contributed by atoms with Gasteiger partial charge in [0.15, 0.2) is 4.77 Å². The van der Waals surface area contributed by atoms with Gasteiger partial charge < -0.3 is 0 Å². The molecule has 0 spiro atoms. The van der Waals surface area contributed by atoms with Crippen LogP contribution in [0.1, 0.15) is 11.4 Å². The lowest BCUT2D eigenvalue weighted by atomic mass is 10.2. The van der Waals surface area contributed by atoms with Gasteiger partial charge in [-0.05, 0) is 42.0 Å². The summed E-state index contributed by atoms with van der Waals surface area (Å²) in [6.07, 6.45) is 0. The second-order valence-electron chi connectivity index (χ2n) is 5.10. The monoisotopic (exact) mass is 401 g/mol. The van der Waals surface area contributed by atoms with Crippen molar-refractivity contribution < 1.29 is 13.2 Å². The lowest BCUT2D eigenvalue weighted by Gasteiger charge is -2.08. The van der Waals surface area contributed by atoms with Gasteiger partial charge in [0.2, 0.25) is 0 Å². The van der Waals surface area contributed by atoms with Crippen molar-refractivity contribution in [2.75, 3.05) is 0 Å². The smallest absolute Gasteiger partial charge is 0.199 e. The highest BCUT2D eigenvalue weighted by Gasteiger charge is 2.13. The van der Waals surface area contributed by atoms with E-state index in [4.69, 9.17) is 23.8 Å². The van der Waals surface area contributed by atoms with E-state index in [2.05, 4.69) is 10.2 Å². The molecule has 0 fully saturated rings. The zero-order valence-corrected chi connectivity index (χ0v) is 15.0. The molecular weight excluding hydrogens is 391 g/mol. The normalized spacial score (nSPS) is 11.0. The number of thioether (sulfide) groups is 1. The SMILES string of the molecule is Fc1ccc(-n2c(CSCc3ccc(F)cc3Cl)n[nH]c2=S)c(F)c1. The fourth-order valence-electron chi connectivity index (χ4n) is 2.23. The Balaban J connectivity index is 1.79. The van der Waals surface area contributed by atoms with E-state index in [1.807, 2.05) is 0 Å². The molecule has 0 unspecified atom stereocenters. The van der Waals surface area contributed by atoms with E-state index in [0.717, 1.165) is 17.7 Å². The van der Waals surface area contributed by atoms with Gasteiger partial charge >= 0.3 is 0 Å². The number of H-pyrrole nitrogens is 1. The van der Waals surface area contributed by atoms with Gasteiger partial charge in [0.05, 0.1) is 11.4 Å². The highest BCUT2D eigenvalue weighted by Crippen LogP contribution is 2.25. The Hall–Kier alpha value is -1.77. The van der Waals surface area contributed by atoms with Crippen LogP contribution in [0.3, 0.4) is 0 Å². The van der Waals surface area contributed by atoms with Crippen LogP contribution in [0.15, 0.2) is 36.4 Å². The number of aromatic nitrogens is 3. The van der Waals surface area contributed by atoms with Crippen molar-refractivity contribution in [3.63, 3.8) is 0 Å². The van der Waals surface area contributed by atoms with Gasteiger partial charge in [-0.15, -0.1) is 11.8 Å². The van der Waals surface area contributed by atoms with Crippen molar-refractivity contribution in [2.24, 2.45) is 0 Å². The molecule has 1 heterocycles. The molecule has 1 aromatic heterocycles. The Bertz CT molecular complexity index is 971. The van der Waals surface area contributed by atoms with Gasteiger partial charge in [-0.3, -0.25) is 9.67 Å². The molecule has 0 radical (unpaired) electrons. The van der Waals surface area contributed by atoms with Crippen LogP contribution in [0.5, 0.6) is 0 Å². The number of aromatic amines is 1. The van der Waals surface area contributed by atoms with Crippen molar-refractivity contribution in [3.8, 4) is 5.69 Å². The molecule has 2 aromatic carbocycles. The number of hydrogen-bond donors (Lipinski definition) is 1. The van der Waals surface area contributed by atoms with Gasteiger partial charge in [-0.25, -0.2) is 13.2 Å².